The molecule has 3 aromatic rings. The summed E-state index contributed by atoms with van der Waals surface area (Å²) in [6.45, 7) is 8.33. The Bertz CT molecular complexity index is 1330. The van der Waals surface area contributed by atoms with Gasteiger partial charge in [0.2, 0.25) is 11.8 Å². The van der Waals surface area contributed by atoms with Crippen molar-refractivity contribution >= 4 is 27.5 Å². The maximum Gasteiger partial charge on any atom is 0.264 e. The van der Waals surface area contributed by atoms with Crippen LogP contribution < -0.4 is 14.4 Å². The molecule has 0 saturated heterocycles. The molecule has 0 aliphatic carbocycles. The van der Waals surface area contributed by atoms with Crippen LogP contribution in [0.5, 0.6) is 5.75 Å². The number of hydrogen-bond acceptors (Lipinski definition) is 5. The van der Waals surface area contributed by atoms with Crippen LogP contribution in [-0.2, 0) is 26.2 Å². The smallest absolute Gasteiger partial charge is 0.264 e. The Kier molecular flexibility index (Phi) is 11.1. The zero-order valence-electron chi connectivity index (χ0n) is 23.6. The summed E-state index contributed by atoms with van der Waals surface area (Å²) < 4.78 is 34.3. The molecule has 3 rings (SSSR count). The van der Waals surface area contributed by atoms with E-state index in [1.165, 1.54) is 17.0 Å². The lowest BCUT2D eigenvalue weighted by atomic mass is 10.1. The maximum absolute atomic E-state index is 14.0. The Hall–Kier alpha value is -3.85. The second-order valence-electron chi connectivity index (χ2n) is 9.82. The quantitative estimate of drug-likeness (QED) is 0.301. The Morgan fingerprint density at radius 1 is 0.875 bits per heavy atom. The normalized spacial score (nSPS) is 12.0. The van der Waals surface area contributed by atoms with Crippen molar-refractivity contribution in [3.05, 3.63) is 90.5 Å². The molecule has 0 aliphatic heterocycles. The monoisotopic (exact) mass is 565 g/mol. The number of hydrogen-bond donors (Lipinski definition) is 1. The molecule has 0 aromatic heterocycles. The third-order valence-corrected chi connectivity index (χ3v) is 8.10. The standard InChI is InChI=1S/C31H39N3O5S/c1-5-29(31(36)32-21-24(3)4)33(22-25-13-9-7-10-14-25)30(35)23-34(26-17-19-27(20-18-26)39-6-2)40(37,38)28-15-11-8-12-16-28/h7-20,24,29H,5-6,21-23H2,1-4H3,(H,32,36). The number of anilines is 1. The second kappa shape index (κ2) is 14.5. The van der Waals surface area contributed by atoms with Crippen molar-refractivity contribution in [2.24, 2.45) is 5.92 Å². The molecule has 9 heteroatoms. The van der Waals surface area contributed by atoms with Crippen molar-refractivity contribution in [3.63, 3.8) is 0 Å². The summed E-state index contributed by atoms with van der Waals surface area (Å²) in [5.74, 6) is 0.0851. The molecule has 214 valence electrons. The van der Waals surface area contributed by atoms with Crippen molar-refractivity contribution < 1.29 is 22.7 Å². The average molecular weight is 566 g/mol. The lowest BCUT2D eigenvalue weighted by Crippen LogP contribution is -2.52. The van der Waals surface area contributed by atoms with Crippen molar-refractivity contribution in [1.82, 2.24) is 10.2 Å². The fourth-order valence-corrected chi connectivity index (χ4v) is 5.68. The third kappa shape index (κ3) is 8.08. The number of sulfonamides is 1. The van der Waals surface area contributed by atoms with Gasteiger partial charge in [-0.05, 0) is 61.2 Å². The molecular formula is C31H39N3O5S. The van der Waals surface area contributed by atoms with E-state index in [2.05, 4.69) is 5.32 Å². The van der Waals surface area contributed by atoms with Crippen molar-refractivity contribution in [3.8, 4) is 5.75 Å². The van der Waals surface area contributed by atoms with E-state index in [0.29, 0.717) is 31.0 Å². The van der Waals surface area contributed by atoms with Crippen LogP contribution in [0.1, 0.15) is 39.7 Å². The minimum Gasteiger partial charge on any atom is -0.494 e. The van der Waals surface area contributed by atoms with Gasteiger partial charge in [0.1, 0.15) is 18.3 Å². The van der Waals surface area contributed by atoms with Crippen LogP contribution in [0.3, 0.4) is 0 Å². The number of nitrogens with zero attached hydrogens (tertiary/aromatic N) is 2. The van der Waals surface area contributed by atoms with E-state index in [-0.39, 0.29) is 23.3 Å². The number of ether oxygens (including phenoxy) is 1. The predicted octanol–water partition coefficient (Wildman–Crippen LogP) is 4.86. The minimum atomic E-state index is -4.11. The van der Waals surface area contributed by atoms with E-state index < -0.39 is 28.5 Å². The van der Waals surface area contributed by atoms with Gasteiger partial charge in [0, 0.05) is 13.1 Å². The van der Waals surface area contributed by atoms with Crippen LogP contribution in [-0.4, -0.2) is 50.9 Å². The third-order valence-electron chi connectivity index (χ3n) is 6.31. The van der Waals surface area contributed by atoms with E-state index in [4.69, 9.17) is 4.74 Å². The zero-order valence-corrected chi connectivity index (χ0v) is 24.4. The molecule has 0 saturated carbocycles. The van der Waals surface area contributed by atoms with E-state index in [0.717, 1.165) is 9.87 Å². The molecule has 1 N–H and O–H groups in total. The van der Waals surface area contributed by atoms with Gasteiger partial charge in [-0.1, -0.05) is 69.3 Å². The van der Waals surface area contributed by atoms with Gasteiger partial charge in [-0.15, -0.1) is 0 Å². The predicted molar refractivity (Wildman–Crippen MR) is 158 cm³/mol. The van der Waals surface area contributed by atoms with Crippen molar-refractivity contribution in [2.75, 3.05) is 24.0 Å². The Balaban J connectivity index is 2.02. The largest absolute Gasteiger partial charge is 0.494 e. The van der Waals surface area contributed by atoms with Gasteiger partial charge in [0.25, 0.3) is 10.0 Å². The highest BCUT2D eigenvalue weighted by molar-refractivity contribution is 7.92. The van der Waals surface area contributed by atoms with Gasteiger partial charge < -0.3 is 15.0 Å². The van der Waals surface area contributed by atoms with Crippen molar-refractivity contribution in [2.45, 2.75) is 51.6 Å². The summed E-state index contributed by atoms with van der Waals surface area (Å²) in [6, 6.07) is 23.2. The molecule has 0 radical (unpaired) electrons. The number of amides is 2. The van der Waals surface area contributed by atoms with E-state index >= 15 is 0 Å². The summed E-state index contributed by atoms with van der Waals surface area (Å²) in [4.78, 5) is 28.8. The van der Waals surface area contributed by atoms with E-state index in [1.807, 2.05) is 58.0 Å². The van der Waals surface area contributed by atoms with Crippen LogP contribution in [0.4, 0.5) is 5.69 Å². The summed E-state index contributed by atoms with van der Waals surface area (Å²) in [5, 5.41) is 2.93. The SMILES string of the molecule is CCOc1ccc(N(CC(=O)N(Cc2ccccc2)C(CC)C(=O)NCC(C)C)S(=O)(=O)c2ccccc2)cc1. The van der Waals surface area contributed by atoms with E-state index in [1.54, 1.807) is 42.5 Å². The van der Waals surface area contributed by atoms with Gasteiger partial charge >= 0.3 is 0 Å². The summed E-state index contributed by atoms with van der Waals surface area (Å²) in [6.07, 6.45) is 0.372. The molecular weight excluding hydrogens is 526 g/mol. The highest BCUT2D eigenvalue weighted by atomic mass is 32.2. The number of benzene rings is 3. The topological polar surface area (TPSA) is 96.0 Å². The highest BCUT2D eigenvalue weighted by Gasteiger charge is 2.33. The summed E-state index contributed by atoms with van der Waals surface area (Å²) in [5.41, 5.74) is 1.15. The Labute approximate surface area is 238 Å². The number of nitrogens with one attached hydrogen (secondary N) is 1. The first-order chi connectivity index (χ1) is 19.2. The minimum absolute atomic E-state index is 0.0630. The highest BCUT2D eigenvalue weighted by Crippen LogP contribution is 2.27. The van der Waals surface area contributed by atoms with E-state index in [9.17, 15) is 18.0 Å². The number of rotatable bonds is 14. The molecule has 0 bridgehead atoms. The van der Waals surface area contributed by atoms with Crippen LogP contribution in [0, 0.1) is 5.92 Å². The van der Waals surface area contributed by atoms with Gasteiger partial charge in [-0.3, -0.25) is 13.9 Å². The molecule has 1 atom stereocenters. The van der Waals surface area contributed by atoms with Crippen LogP contribution >= 0.6 is 0 Å². The zero-order chi connectivity index (χ0) is 29.1. The molecule has 40 heavy (non-hydrogen) atoms. The van der Waals surface area contributed by atoms with Crippen LogP contribution in [0.25, 0.3) is 0 Å². The van der Waals surface area contributed by atoms with Crippen LogP contribution in [0.2, 0.25) is 0 Å². The fourth-order valence-electron chi connectivity index (χ4n) is 4.25. The molecule has 2 amide bonds. The molecule has 0 spiro atoms. The second-order valence-corrected chi connectivity index (χ2v) is 11.7. The average Bonchev–Trinajstić information content (AvgIpc) is 2.96. The molecule has 3 aromatic carbocycles. The number of carbonyl (C=O) groups excluding carboxylic acids is 2. The van der Waals surface area contributed by atoms with Gasteiger partial charge in [0.05, 0.1) is 17.2 Å². The molecule has 0 heterocycles. The van der Waals surface area contributed by atoms with Crippen LogP contribution in [0.15, 0.2) is 89.8 Å². The maximum atomic E-state index is 14.0. The van der Waals surface area contributed by atoms with Gasteiger partial charge in [-0.2, -0.15) is 0 Å². The summed E-state index contributed by atoms with van der Waals surface area (Å²) in [7, 11) is -4.11. The first kappa shape index (κ1) is 30.7. The lowest BCUT2D eigenvalue weighted by molar-refractivity contribution is -0.140. The van der Waals surface area contributed by atoms with Gasteiger partial charge in [-0.25, -0.2) is 8.42 Å². The fraction of sp³-hybridized carbons (Fsp3) is 0.355. The lowest BCUT2D eigenvalue weighted by Gasteiger charge is -2.33. The Morgan fingerprint density at radius 2 is 1.48 bits per heavy atom. The molecule has 0 aliphatic rings. The Morgan fingerprint density at radius 3 is 2.02 bits per heavy atom. The molecule has 1 unspecified atom stereocenters. The first-order valence-corrected chi connectivity index (χ1v) is 15.0. The first-order valence-electron chi connectivity index (χ1n) is 13.6. The molecule has 8 nitrogen and oxygen atoms in total. The number of carbonyl (C=O) groups is 2. The van der Waals surface area contributed by atoms with Crippen molar-refractivity contribution in [1.29, 1.82) is 0 Å². The molecule has 0 fully saturated rings. The van der Waals surface area contributed by atoms with Gasteiger partial charge in [0.15, 0.2) is 0 Å². The summed E-state index contributed by atoms with van der Waals surface area (Å²) >= 11 is 0.